The average molecular weight is 505 g/mol. The fourth-order valence-electron chi connectivity index (χ4n) is 5.78. The highest BCUT2D eigenvalue weighted by Gasteiger charge is 2.30. The number of fused-ring (bicyclic) bond motifs is 1. The summed E-state index contributed by atoms with van der Waals surface area (Å²) in [5.41, 5.74) is -0.528. The van der Waals surface area contributed by atoms with Gasteiger partial charge in [0.1, 0.15) is 11.5 Å². The molecule has 1 saturated carbocycles. The Morgan fingerprint density at radius 2 is 1.71 bits per heavy atom. The summed E-state index contributed by atoms with van der Waals surface area (Å²) in [6.45, 7) is 1.44. The summed E-state index contributed by atoms with van der Waals surface area (Å²) in [5, 5.41) is 3.32. The number of carbonyl (C=O) groups is 1. The Hall–Kier alpha value is -2.20. The topological polar surface area (TPSA) is 95.2 Å². The van der Waals surface area contributed by atoms with E-state index in [-0.39, 0.29) is 40.8 Å². The van der Waals surface area contributed by atoms with Crippen LogP contribution in [0.25, 0.3) is 11.0 Å². The zero-order valence-corrected chi connectivity index (χ0v) is 20.7. The van der Waals surface area contributed by atoms with Crippen molar-refractivity contribution in [1.29, 1.82) is 0 Å². The molecule has 0 spiro atoms. The molecule has 0 atom stereocenters. The minimum atomic E-state index is -0.582. The van der Waals surface area contributed by atoms with Crippen LogP contribution in [0.4, 0.5) is 4.39 Å². The Labute approximate surface area is 207 Å². The van der Waals surface area contributed by atoms with Gasteiger partial charge in [-0.3, -0.25) is 18.7 Å². The van der Waals surface area contributed by atoms with Crippen molar-refractivity contribution in [3.8, 4) is 0 Å². The van der Waals surface area contributed by atoms with E-state index >= 15 is 0 Å². The number of nitrogens with zero attached hydrogens (tertiary/aromatic N) is 3. The van der Waals surface area contributed by atoms with Gasteiger partial charge < -0.3 is 10.1 Å². The second kappa shape index (κ2) is 10.8. The Balaban J connectivity index is 1.35. The molecule has 3 aliphatic rings. The van der Waals surface area contributed by atoms with Crippen LogP contribution in [0.5, 0.6) is 0 Å². The van der Waals surface area contributed by atoms with Crippen molar-refractivity contribution in [3.05, 3.63) is 38.9 Å². The minimum absolute atomic E-state index is 0.0446. The fourth-order valence-corrected chi connectivity index (χ4v) is 6.86. The standard InChI is InChI=1S/C25H33FN4O4S/c26-17-14-21-23(27-15-17)29(20-7-11-35-12-8-20)25(33)30(24(21)32)19-3-1-18(2-4-19)28-22(31)13-16-5-9-34-10-6-16/h14-16,18-20H,1-13H2,(H,28,31)/t18-,19+. The van der Waals surface area contributed by atoms with Gasteiger partial charge in [-0.2, -0.15) is 11.8 Å². The first-order valence-electron chi connectivity index (χ1n) is 12.8. The summed E-state index contributed by atoms with van der Waals surface area (Å²) in [6, 6.07) is 0.940. The number of thioether (sulfide) groups is 1. The summed E-state index contributed by atoms with van der Waals surface area (Å²) in [4.78, 5) is 43.8. The molecule has 2 saturated heterocycles. The predicted molar refractivity (Wildman–Crippen MR) is 133 cm³/mol. The number of hydrogen-bond acceptors (Lipinski definition) is 6. The van der Waals surface area contributed by atoms with Gasteiger partial charge >= 0.3 is 5.69 Å². The van der Waals surface area contributed by atoms with Crippen LogP contribution in [0, 0.1) is 11.7 Å². The quantitative estimate of drug-likeness (QED) is 0.672. The van der Waals surface area contributed by atoms with Gasteiger partial charge in [0.25, 0.3) is 5.56 Å². The molecule has 2 aromatic heterocycles. The van der Waals surface area contributed by atoms with Crippen LogP contribution in [-0.4, -0.2) is 50.8 Å². The molecule has 8 nitrogen and oxygen atoms in total. The molecular formula is C25H33FN4O4S. The summed E-state index contributed by atoms with van der Waals surface area (Å²) in [6.07, 6.45) is 7.73. The largest absolute Gasteiger partial charge is 0.381 e. The second-order valence-electron chi connectivity index (χ2n) is 10.0. The van der Waals surface area contributed by atoms with Crippen LogP contribution in [0.15, 0.2) is 21.9 Å². The predicted octanol–water partition coefficient (Wildman–Crippen LogP) is 3.18. The first-order chi connectivity index (χ1) is 17.0. The Morgan fingerprint density at radius 1 is 1.03 bits per heavy atom. The molecule has 1 amide bonds. The zero-order chi connectivity index (χ0) is 24.4. The molecule has 35 heavy (non-hydrogen) atoms. The molecule has 0 unspecified atom stereocenters. The first kappa shape index (κ1) is 24.5. The Bertz CT molecular complexity index is 1180. The summed E-state index contributed by atoms with van der Waals surface area (Å²) >= 11 is 1.85. The lowest BCUT2D eigenvalue weighted by Crippen LogP contribution is -2.46. The van der Waals surface area contributed by atoms with Crippen LogP contribution < -0.4 is 16.6 Å². The Morgan fingerprint density at radius 3 is 2.43 bits per heavy atom. The number of halogens is 1. The lowest BCUT2D eigenvalue weighted by molar-refractivity contribution is -0.123. The number of nitrogens with one attached hydrogen (secondary N) is 1. The van der Waals surface area contributed by atoms with Gasteiger partial charge in [0.2, 0.25) is 5.91 Å². The monoisotopic (exact) mass is 504 g/mol. The highest BCUT2D eigenvalue weighted by Crippen LogP contribution is 2.30. The number of hydrogen-bond donors (Lipinski definition) is 1. The molecular weight excluding hydrogens is 471 g/mol. The number of carbonyl (C=O) groups excluding carboxylic acids is 1. The van der Waals surface area contributed by atoms with Crippen LogP contribution in [0.3, 0.4) is 0 Å². The van der Waals surface area contributed by atoms with Gasteiger partial charge in [0.05, 0.1) is 11.6 Å². The van der Waals surface area contributed by atoms with Crippen molar-refractivity contribution in [3.63, 3.8) is 0 Å². The maximum Gasteiger partial charge on any atom is 0.333 e. The maximum atomic E-state index is 14.1. The molecule has 0 aromatic carbocycles. The van der Waals surface area contributed by atoms with Crippen molar-refractivity contribution in [2.45, 2.75) is 75.9 Å². The van der Waals surface area contributed by atoms with Crippen molar-refractivity contribution in [1.82, 2.24) is 19.4 Å². The van der Waals surface area contributed by atoms with Crippen LogP contribution in [-0.2, 0) is 9.53 Å². The molecule has 0 bridgehead atoms. The van der Waals surface area contributed by atoms with E-state index in [1.807, 2.05) is 11.8 Å². The van der Waals surface area contributed by atoms with Gasteiger partial charge in [0.15, 0.2) is 0 Å². The average Bonchev–Trinajstić information content (AvgIpc) is 2.87. The van der Waals surface area contributed by atoms with E-state index in [0.29, 0.717) is 38.0 Å². The zero-order valence-electron chi connectivity index (χ0n) is 19.9. The third kappa shape index (κ3) is 5.33. The number of amides is 1. The number of aromatic nitrogens is 3. The highest BCUT2D eigenvalue weighted by molar-refractivity contribution is 7.99. The van der Waals surface area contributed by atoms with Gasteiger partial charge in [-0.05, 0) is 74.9 Å². The van der Waals surface area contributed by atoms with Crippen LogP contribution in [0.1, 0.15) is 69.9 Å². The number of pyridine rings is 1. The summed E-state index contributed by atoms with van der Waals surface area (Å²) in [5.74, 6) is 1.75. The van der Waals surface area contributed by atoms with E-state index in [0.717, 1.165) is 56.6 Å². The smallest absolute Gasteiger partial charge is 0.333 e. The van der Waals surface area contributed by atoms with E-state index in [4.69, 9.17) is 4.74 Å². The van der Waals surface area contributed by atoms with E-state index in [1.54, 1.807) is 4.57 Å². The highest BCUT2D eigenvalue weighted by atomic mass is 32.2. The second-order valence-corrected chi connectivity index (χ2v) is 11.3. The van der Waals surface area contributed by atoms with Gasteiger partial charge in [0, 0.05) is 37.8 Å². The minimum Gasteiger partial charge on any atom is -0.381 e. The molecule has 1 N–H and O–H groups in total. The third-order valence-corrected chi connectivity index (χ3v) is 8.77. The van der Waals surface area contributed by atoms with E-state index < -0.39 is 11.4 Å². The lowest BCUT2D eigenvalue weighted by atomic mass is 9.90. The van der Waals surface area contributed by atoms with E-state index in [1.165, 1.54) is 10.6 Å². The number of rotatable bonds is 5. The molecule has 4 heterocycles. The van der Waals surface area contributed by atoms with E-state index in [9.17, 15) is 18.8 Å². The Kier molecular flexibility index (Phi) is 7.57. The third-order valence-electron chi connectivity index (χ3n) is 7.72. The van der Waals surface area contributed by atoms with Crippen molar-refractivity contribution < 1.29 is 13.9 Å². The summed E-state index contributed by atoms with van der Waals surface area (Å²) < 4.78 is 22.4. The summed E-state index contributed by atoms with van der Waals surface area (Å²) in [7, 11) is 0. The molecule has 190 valence electrons. The van der Waals surface area contributed by atoms with Crippen LogP contribution >= 0.6 is 11.8 Å². The first-order valence-corrected chi connectivity index (χ1v) is 13.9. The van der Waals surface area contributed by atoms with E-state index in [2.05, 4.69) is 10.3 Å². The normalized spacial score (nSPS) is 24.5. The molecule has 1 aliphatic carbocycles. The molecule has 5 rings (SSSR count). The van der Waals surface area contributed by atoms with Gasteiger partial charge in [-0.15, -0.1) is 0 Å². The van der Waals surface area contributed by atoms with Crippen LogP contribution in [0.2, 0.25) is 0 Å². The van der Waals surface area contributed by atoms with Crippen molar-refractivity contribution >= 4 is 28.7 Å². The molecule has 0 radical (unpaired) electrons. The maximum absolute atomic E-state index is 14.1. The SMILES string of the molecule is O=C(CC1CCOCC1)N[C@H]1CC[C@@H](n2c(=O)c3cc(F)cnc3n(C3CCSCC3)c2=O)CC1. The lowest BCUT2D eigenvalue weighted by Gasteiger charge is -2.32. The van der Waals surface area contributed by atoms with Crippen molar-refractivity contribution in [2.75, 3.05) is 24.7 Å². The fraction of sp³-hybridized carbons (Fsp3) is 0.680. The van der Waals surface area contributed by atoms with Gasteiger partial charge in [-0.25, -0.2) is 14.2 Å². The molecule has 3 fully saturated rings. The molecule has 10 heteroatoms. The van der Waals surface area contributed by atoms with Crippen molar-refractivity contribution in [2.24, 2.45) is 5.92 Å². The number of ether oxygens (including phenoxy) is 1. The molecule has 2 aliphatic heterocycles. The molecule has 2 aromatic rings. The van der Waals surface area contributed by atoms with Gasteiger partial charge in [-0.1, -0.05) is 0 Å².